The van der Waals surface area contributed by atoms with Gasteiger partial charge in [-0.3, -0.25) is 14.5 Å². The minimum Gasteiger partial charge on any atom is -0.353 e. The number of allylic oxidation sites excluding steroid dienone is 3. The molecule has 0 saturated heterocycles. The van der Waals surface area contributed by atoms with E-state index in [0.29, 0.717) is 24.1 Å². The van der Waals surface area contributed by atoms with E-state index in [9.17, 15) is 9.59 Å². The van der Waals surface area contributed by atoms with Gasteiger partial charge in [0, 0.05) is 19.0 Å². The van der Waals surface area contributed by atoms with Crippen molar-refractivity contribution in [3.63, 3.8) is 0 Å². The number of unbranched alkanes of at least 4 members (excludes halogenated alkanes) is 2. The summed E-state index contributed by atoms with van der Waals surface area (Å²) in [5.41, 5.74) is 0.734. The first kappa shape index (κ1) is 19.0. The summed E-state index contributed by atoms with van der Waals surface area (Å²) in [6, 6.07) is 0.379. The summed E-state index contributed by atoms with van der Waals surface area (Å²) in [5.74, 6) is -0.126. The van der Waals surface area contributed by atoms with E-state index in [2.05, 4.69) is 10.3 Å². The largest absolute Gasteiger partial charge is 0.353 e. The normalized spacial score (nSPS) is 23.0. The van der Waals surface area contributed by atoms with Crippen LogP contribution in [-0.4, -0.2) is 40.1 Å². The molecule has 140 valence electrons. The number of carbonyl (C=O) groups is 2. The third-order valence-corrected chi connectivity index (χ3v) is 5.56. The van der Waals surface area contributed by atoms with Gasteiger partial charge < -0.3 is 5.32 Å². The maximum atomic E-state index is 12.6. The molecule has 0 radical (unpaired) electrons. The van der Waals surface area contributed by atoms with Crippen LogP contribution >= 0.6 is 12.2 Å². The third kappa shape index (κ3) is 4.87. The summed E-state index contributed by atoms with van der Waals surface area (Å²) in [4.78, 5) is 30.6. The highest BCUT2D eigenvalue weighted by Crippen LogP contribution is 2.20. The Morgan fingerprint density at radius 1 is 1.19 bits per heavy atom. The second-order valence-electron chi connectivity index (χ2n) is 7.24. The van der Waals surface area contributed by atoms with E-state index in [-0.39, 0.29) is 17.7 Å². The smallest absolute Gasteiger partial charge is 0.241 e. The molecular weight excluding hydrogens is 346 g/mol. The quantitative estimate of drug-likeness (QED) is 0.550. The van der Waals surface area contributed by atoms with Crippen LogP contribution in [-0.2, 0) is 9.59 Å². The predicted molar refractivity (Wildman–Crippen MR) is 107 cm³/mol. The van der Waals surface area contributed by atoms with Crippen LogP contribution in [0.5, 0.6) is 0 Å². The van der Waals surface area contributed by atoms with E-state index in [1.54, 1.807) is 4.90 Å². The molecule has 1 fully saturated rings. The molecule has 1 saturated carbocycles. The van der Waals surface area contributed by atoms with E-state index < -0.39 is 0 Å². The first-order valence-electron chi connectivity index (χ1n) is 9.73. The molecule has 0 aromatic heterocycles. The van der Waals surface area contributed by atoms with Gasteiger partial charge in [-0.1, -0.05) is 43.9 Å². The number of nitrogens with zero attached hydrogens (tertiary/aromatic N) is 2. The Morgan fingerprint density at radius 2 is 2.00 bits per heavy atom. The Morgan fingerprint density at radius 3 is 2.81 bits per heavy atom. The van der Waals surface area contributed by atoms with Crippen LogP contribution in [0.4, 0.5) is 0 Å². The van der Waals surface area contributed by atoms with Gasteiger partial charge in [0.15, 0.2) is 0 Å². The molecular formula is C20H27N3O2S. The second kappa shape index (κ2) is 9.21. The number of hydrogen-bond acceptors (Lipinski definition) is 3. The standard InChI is InChI=1S/C20H27N3O2S/c24-18(21-15-9-3-1-4-10-15)13-5-2-8-14-23-19(25)16-11-6-7-12-17(16)22-20(23)26/h6-7,11-12,15-16H,1-5,8-10,13-14H2,(H,21,24). The molecule has 3 aliphatic rings. The highest BCUT2D eigenvalue weighted by molar-refractivity contribution is 7.80. The number of amides is 2. The highest BCUT2D eigenvalue weighted by atomic mass is 32.1. The van der Waals surface area contributed by atoms with Crippen LogP contribution in [0.15, 0.2) is 29.3 Å². The van der Waals surface area contributed by atoms with Gasteiger partial charge >= 0.3 is 0 Å². The van der Waals surface area contributed by atoms with Crippen LogP contribution in [0.1, 0.15) is 57.8 Å². The van der Waals surface area contributed by atoms with Crippen molar-refractivity contribution in [1.82, 2.24) is 10.2 Å². The fourth-order valence-electron chi connectivity index (χ4n) is 3.77. The van der Waals surface area contributed by atoms with Gasteiger partial charge in [0.05, 0.1) is 11.6 Å². The van der Waals surface area contributed by atoms with Gasteiger partial charge in [-0.25, -0.2) is 4.99 Å². The minimum atomic E-state index is -0.298. The van der Waals surface area contributed by atoms with Crippen LogP contribution in [0, 0.1) is 5.92 Å². The number of nitrogens with one attached hydrogen (secondary N) is 1. The van der Waals surface area contributed by atoms with E-state index in [4.69, 9.17) is 12.2 Å². The van der Waals surface area contributed by atoms with E-state index in [1.165, 1.54) is 19.3 Å². The van der Waals surface area contributed by atoms with Gasteiger partial charge in [-0.15, -0.1) is 0 Å². The first-order chi connectivity index (χ1) is 12.6. The molecule has 0 bridgehead atoms. The Bertz CT molecular complexity index is 647. The summed E-state index contributed by atoms with van der Waals surface area (Å²) in [7, 11) is 0. The molecule has 1 aliphatic heterocycles. The lowest BCUT2D eigenvalue weighted by Crippen LogP contribution is -2.46. The van der Waals surface area contributed by atoms with Crippen LogP contribution < -0.4 is 5.32 Å². The number of aliphatic imine (C=N–C) groups is 1. The van der Waals surface area contributed by atoms with Crippen molar-refractivity contribution in [1.29, 1.82) is 0 Å². The van der Waals surface area contributed by atoms with E-state index >= 15 is 0 Å². The third-order valence-electron chi connectivity index (χ3n) is 5.24. The molecule has 0 spiro atoms. The lowest BCUT2D eigenvalue weighted by atomic mass is 9.95. The molecule has 1 atom stereocenters. The molecule has 1 unspecified atom stereocenters. The van der Waals surface area contributed by atoms with Gasteiger partial charge in [0.2, 0.25) is 16.9 Å². The lowest BCUT2D eigenvalue weighted by molar-refractivity contribution is -0.128. The van der Waals surface area contributed by atoms with Gasteiger partial charge in [-0.2, -0.15) is 0 Å². The van der Waals surface area contributed by atoms with Crippen molar-refractivity contribution in [2.45, 2.75) is 63.8 Å². The Hall–Kier alpha value is -1.82. The van der Waals surface area contributed by atoms with Crippen LogP contribution in [0.2, 0.25) is 0 Å². The number of hydrogen-bond donors (Lipinski definition) is 1. The topological polar surface area (TPSA) is 61.8 Å². The average molecular weight is 374 g/mol. The Balaban J connectivity index is 1.36. The van der Waals surface area contributed by atoms with Crippen LogP contribution in [0.3, 0.4) is 0 Å². The SMILES string of the molecule is O=C(CCCCCN1C(=O)C2C=CC=CC2=NC1=S)NC1CCCCC1. The monoisotopic (exact) mass is 373 g/mol. The molecule has 6 heteroatoms. The lowest BCUT2D eigenvalue weighted by Gasteiger charge is -2.30. The molecule has 3 rings (SSSR count). The van der Waals surface area contributed by atoms with Gasteiger partial charge in [-0.05, 0) is 44.0 Å². The molecule has 2 amide bonds. The average Bonchev–Trinajstić information content (AvgIpc) is 2.64. The zero-order chi connectivity index (χ0) is 18.4. The zero-order valence-electron chi connectivity index (χ0n) is 15.2. The Kier molecular flexibility index (Phi) is 6.72. The second-order valence-corrected chi connectivity index (χ2v) is 7.61. The molecule has 1 N–H and O–H groups in total. The fraction of sp³-hybridized carbons (Fsp3) is 0.600. The van der Waals surface area contributed by atoms with E-state index in [1.807, 2.05) is 24.3 Å². The fourth-order valence-corrected chi connectivity index (χ4v) is 4.05. The van der Waals surface area contributed by atoms with Crippen molar-refractivity contribution in [3.8, 4) is 0 Å². The van der Waals surface area contributed by atoms with Crippen molar-refractivity contribution >= 4 is 34.9 Å². The first-order valence-corrected chi connectivity index (χ1v) is 10.1. The van der Waals surface area contributed by atoms with Crippen molar-refractivity contribution < 1.29 is 9.59 Å². The maximum absolute atomic E-state index is 12.6. The molecule has 0 aromatic carbocycles. The van der Waals surface area contributed by atoms with Crippen molar-refractivity contribution in [3.05, 3.63) is 24.3 Å². The summed E-state index contributed by atoms with van der Waals surface area (Å²) in [6.07, 6.45) is 16.6. The number of thiocarbonyl (C=S) groups is 1. The molecule has 2 aliphatic carbocycles. The molecule has 1 heterocycles. The Labute approximate surface area is 160 Å². The van der Waals surface area contributed by atoms with E-state index in [0.717, 1.165) is 37.8 Å². The molecule has 0 aromatic rings. The number of fused-ring (bicyclic) bond motifs is 1. The van der Waals surface area contributed by atoms with Gasteiger partial charge in [0.25, 0.3) is 0 Å². The molecule has 26 heavy (non-hydrogen) atoms. The minimum absolute atomic E-state index is 0.00985. The van der Waals surface area contributed by atoms with Crippen molar-refractivity contribution in [2.75, 3.05) is 6.54 Å². The summed E-state index contributed by atoms with van der Waals surface area (Å²) >= 11 is 5.28. The maximum Gasteiger partial charge on any atom is 0.241 e. The summed E-state index contributed by atoms with van der Waals surface area (Å²) in [5, 5.41) is 3.51. The van der Waals surface area contributed by atoms with Crippen LogP contribution in [0.25, 0.3) is 0 Å². The van der Waals surface area contributed by atoms with Gasteiger partial charge in [0.1, 0.15) is 0 Å². The zero-order valence-corrected chi connectivity index (χ0v) is 16.0. The molecule has 5 nitrogen and oxygen atoms in total. The number of rotatable bonds is 7. The number of carbonyl (C=O) groups excluding carboxylic acids is 2. The summed E-state index contributed by atoms with van der Waals surface area (Å²) in [6.45, 7) is 0.576. The summed E-state index contributed by atoms with van der Waals surface area (Å²) < 4.78 is 0. The van der Waals surface area contributed by atoms with Crippen molar-refractivity contribution in [2.24, 2.45) is 10.9 Å². The highest BCUT2D eigenvalue weighted by Gasteiger charge is 2.33. The predicted octanol–water partition coefficient (Wildman–Crippen LogP) is 3.31.